The van der Waals surface area contributed by atoms with Crippen LogP contribution in [-0.2, 0) is 6.54 Å². The number of hydrogen-bond donors (Lipinski definition) is 0. The van der Waals surface area contributed by atoms with Crippen molar-refractivity contribution in [1.29, 1.82) is 0 Å². The molecule has 1 saturated carbocycles. The van der Waals surface area contributed by atoms with Crippen LogP contribution in [0, 0.1) is 0 Å². The molecule has 0 radical (unpaired) electrons. The van der Waals surface area contributed by atoms with Crippen molar-refractivity contribution in [2.24, 2.45) is 0 Å². The average Bonchev–Trinajstić information content (AvgIpc) is 2.71. The summed E-state index contributed by atoms with van der Waals surface area (Å²) in [5, 5.41) is 0. The van der Waals surface area contributed by atoms with Crippen LogP contribution >= 0.6 is 0 Å². The topological polar surface area (TPSA) is 3.24 Å². The molecule has 0 N–H and O–H groups in total. The molecule has 134 valence electrons. The van der Waals surface area contributed by atoms with E-state index in [-0.39, 0.29) is 0 Å². The Kier molecular flexibility index (Phi) is 5.08. The Morgan fingerprint density at radius 1 is 0.962 bits per heavy atom. The van der Waals surface area contributed by atoms with Gasteiger partial charge in [0.2, 0.25) is 0 Å². The summed E-state index contributed by atoms with van der Waals surface area (Å²) in [4.78, 5) is 2.77. The lowest BCUT2D eigenvalue weighted by Crippen LogP contribution is -2.45. The van der Waals surface area contributed by atoms with Gasteiger partial charge in [-0.3, -0.25) is 4.90 Å². The van der Waals surface area contributed by atoms with Crippen LogP contribution in [0.25, 0.3) is 0 Å². The summed E-state index contributed by atoms with van der Waals surface area (Å²) in [6.07, 6.45) is 7.60. The van der Waals surface area contributed by atoms with Crippen molar-refractivity contribution in [3.63, 3.8) is 0 Å². The lowest BCUT2D eigenvalue weighted by atomic mass is 9.76. The SMILES string of the molecule is C/C=C1/C(C)=C2CCCC[C@H]2N(Cc2ccccc2)[C@H]1c1ccccc1. The second kappa shape index (κ2) is 7.63. The molecule has 2 aliphatic rings. The largest absolute Gasteiger partial charge is 0.281 e. The first-order valence-corrected chi connectivity index (χ1v) is 10.0. The van der Waals surface area contributed by atoms with Crippen LogP contribution in [0.1, 0.15) is 56.7 Å². The van der Waals surface area contributed by atoms with Gasteiger partial charge in [0.15, 0.2) is 0 Å². The van der Waals surface area contributed by atoms with Crippen molar-refractivity contribution >= 4 is 0 Å². The van der Waals surface area contributed by atoms with E-state index in [0.29, 0.717) is 12.1 Å². The van der Waals surface area contributed by atoms with E-state index in [1.807, 2.05) is 0 Å². The summed E-state index contributed by atoms with van der Waals surface area (Å²) < 4.78 is 0. The molecule has 4 rings (SSSR count). The van der Waals surface area contributed by atoms with Gasteiger partial charge >= 0.3 is 0 Å². The standard InChI is InChI=1S/C25H29N/c1-3-22-19(2)23-16-10-11-17-24(23)26(18-20-12-6-4-7-13-20)25(22)21-14-8-5-9-15-21/h3-9,12-15,24-25H,10-11,16-18H2,1-2H3/b22-3-/t24-,25+/m1/s1. The molecule has 2 aromatic rings. The molecule has 0 amide bonds. The molecule has 26 heavy (non-hydrogen) atoms. The van der Waals surface area contributed by atoms with Gasteiger partial charge in [0.05, 0.1) is 6.04 Å². The summed E-state index contributed by atoms with van der Waals surface area (Å²) >= 11 is 0. The fourth-order valence-electron chi connectivity index (χ4n) is 4.92. The maximum absolute atomic E-state index is 2.77. The molecule has 2 atom stereocenters. The molecule has 2 aromatic carbocycles. The van der Waals surface area contributed by atoms with E-state index in [0.717, 1.165) is 6.54 Å². The van der Waals surface area contributed by atoms with Gasteiger partial charge in [-0.1, -0.05) is 73.2 Å². The van der Waals surface area contributed by atoms with E-state index >= 15 is 0 Å². The van der Waals surface area contributed by atoms with E-state index < -0.39 is 0 Å². The maximum atomic E-state index is 2.77. The zero-order valence-corrected chi connectivity index (χ0v) is 16.0. The molecule has 1 heteroatoms. The van der Waals surface area contributed by atoms with Gasteiger partial charge in [-0.2, -0.15) is 0 Å². The molecule has 1 aliphatic carbocycles. The number of hydrogen-bond acceptors (Lipinski definition) is 1. The summed E-state index contributed by atoms with van der Waals surface area (Å²) in [5.41, 5.74) is 7.57. The third kappa shape index (κ3) is 3.17. The Bertz CT molecular complexity index is 801. The zero-order chi connectivity index (χ0) is 17.9. The second-order valence-corrected chi connectivity index (χ2v) is 7.63. The minimum absolute atomic E-state index is 0.355. The summed E-state index contributed by atoms with van der Waals surface area (Å²) in [6.45, 7) is 5.58. The van der Waals surface area contributed by atoms with Gasteiger partial charge in [0.1, 0.15) is 0 Å². The first kappa shape index (κ1) is 17.3. The van der Waals surface area contributed by atoms with Crippen LogP contribution in [0.15, 0.2) is 83.5 Å². The quantitative estimate of drug-likeness (QED) is 0.619. The van der Waals surface area contributed by atoms with Crippen molar-refractivity contribution in [2.45, 2.75) is 58.2 Å². The van der Waals surface area contributed by atoms with Gasteiger partial charge < -0.3 is 0 Å². The van der Waals surface area contributed by atoms with Gasteiger partial charge in [-0.05, 0) is 61.0 Å². The third-order valence-corrected chi connectivity index (χ3v) is 6.15. The molecule has 1 heterocycles. The summed E-state index contributed by atoms with van der Waals surface area (Å²) in [6, 6.07) is 23.0. The predicted molar refractivity (Wildman–Crippen MR) is 110 cm³/mol. The third-order valence-electron chi connectivity index (χ3n) is 6.15. The van der Waals surface area contributed by atoms with Crippen LogP contribution in [0.4, 0.5) is 0 Å². The van der Waals surface area contributed by atoms with E-state index in [1.54, 1.807) is 11.1 Å². The van der Waals surface area contributed by atoms with Crippen molar-refractivity contribution < 1.29 is 0 Å². The monoisotopic (exact) mass is 343 g/mol. The van der Waals surface area contributed by atoms with E-state index in [9.17, 15) is 0 Å². The minimum Gasteiger partial charge on any atom is -0.281 e. The molecular formula is C25H29N. The molecular weight excluding hydrogens is 314 g/mol. The van der Waals surface area contributed by atoms with Crippen molar-refractivity contribution in [1.82, 2.24) is 4.90 Å². The molecule has 0 saturated heterocycles. The lowest BCUT2D eigenvalue weighted by Gasteiger charge is -2.47. The predicted octanol–water partition coefficient (Wildman–Crippen LogP) is 6.45. The highest BCUT2D eigenvalue weighted by atomic mass is 15.2. The number of fused-ring (bicyclic) bond motifs is 1. The molecule has 0 aromatic heterocycles. The van der Waals surface area contributed by atoms with Gasteiger partial charge in [0, 0.05) is 12.6 Å². The van der Waals surface area contributed by atoms with Crippen LogP contribution < -0.4 is 0 Å². The van der Waals surface area contributed by atoms with Crippen LogP contribution in [-0.4, -0.2) is 10.9 Å². The lowest BCUT2D eigenvalue weighted by molar-refractivity contribution is 0.134. The van der Waals surface area contributed by atoms with Crippen LogP contribution in [0.2, 0.25) is 0 Å². The summed E-state index contributed by atoms with van der Waals surface area (Å²) in [5.74, 6) is 0. The fourth-order valence-corrected chi connectivity index (χ4v) is 4.92. The fraction of sp³-hybridized carbons (Fsp3) is 0.360. The Morgan fingerprint density at radius 3 is 2.35 bits per heavy atom. The average molecular weight is 344 g/mol. The Labute approximate surface area is 158 Å². The molecule has 1 aliphatic heterocycles. The van der Waals surface area contributed by atoms with Gasteiger partial charge in [-0.25, -0.2) is 0 Å². The van der Waals surface area contributed by atoms with Crippen molar-refractivity contribution in [3.05, 3.63) is 94.6 Å². The Balaban J connectivity index is 1.82. The first-order valence-electron chi connectivity index (χ1n) is 10.0. The van der Waals surface area contributed by atoms with Crippen LogP contribution in [0.5, 0.6) is 0 Å². The molecule has 1 fully saturated rings. The smallest absolute Gasteiger partial charge is 0.0609 e. The van der Waals surface area contributed by atoms with Gasteiger partial charge in [0.25, 0.3) is 0 Å². The highest BCUT2D eigenvalue weighted by Crippen LogP contribution is 2.46. The second-order valence-electron chi connectivity index (χ2n) is 7.63. The van der Waals surface area contributed by atoms with Crippen molar-refractivity contribution in [3.8, 4) is 0 Å². The number of nitrogens with zero attached hydrogens (tertiary/aromatic N) is 1. The van der Waals surface area contributed by atoms with Crippen molar-refractivity contribution in [2.75, 3.05) is 0 Å². The van der Waals surface area contributed by atoms with E-state index in [1.165, 1.54) is 42.4 Å². The first-order chi connectivity index (χ1) is 12.8. The van der Waals surface area contributed by atoms with E-state index in [4.69, 9.17) is 0 Å². The normalized spacial score (nSPS) is 25.4. The highest BCUT2D eigenvalue weighted by molar-refractivity contribution is 5.47. The maximum Gasteiger partial charge on any atom is 0.0609 e. The molecule has 1 nitrogen and oxygen atoms in total. The number of allylic oxidation sites excluding steroid dienone is 1. The number of benzene rings is 2. The molecule has 0 unspecified atom stereocenters. The Hall–Kier alpha value is -2.12. The van der Waals surface area contributed by atoms with E-state index in [2.05, 4.69) is 85.5 Å². The molecule has 0 bridgehead atoms. The minimum atomic E-state index is 0.355. The zero-order valence-electron chi connectivity index (χ0n) is 16.0. The summed E-state index contributed by atoms with van der Waals surface area (Å²) in [7, 11) is 0. The highest BCUT2D eigenvalue weighted by Gasteiger charge is 2.38. The van der Waals surface area contributed by atoms with Crippen LogP contribution in [0.3, 0.4) is 0 Å². The molecule has 0 spiro atoms. The Morgan fingerprint density at radius 2 is 1.65 bits per heavy atom. The number of rotatable bonds is 3. The van der Waals surface area contributed by atoms with Gasteiger partial charge in [-0.15, -0.1) is 0 Å².